The van der Waals surface area contributed by atoms with Gasteiger partial charge in [-0.05, 0) is 51.1 Å². The van der Waals surface area contributed by atoms with Crippen molar-refractivity contribution in [3.05, 3.63) is 0 Å². The van der Waals surface area contributed by atoms with Crippen molar-refractivity contribution in [1.82, 2.24) is 20.9 Å². The molecule has 2 heterocycles. The number of nitrogens with zero attached hydrogens (tertiary/aromatic N) is 1. The molecule has 3 amide bonds. The van der Waals surface area contributed by atoms with Crippen LogP contribution in [0.5, 0.6) is 0 Å². The third-order valence-corrected chi connectivity index (χ3v) is 5.80. The number of carboxylic acids is 2. The Morgan fingerprint density at radius 2 is 1.77 bits per heavy atom. The number of hydrogen-bond donors (Lipinski definition) is 5. The molecule has 0 radical (unpaired) electrons. The zero-order valence-corrected chi connectivity index (χ0v) is 17.6. The summed E-state index contributed by atoms with van der Waals surface area (Å²) in [5.41, 5.74) is 0. The summed E-state index contributed by atoms with van der Waals surface area (Å²) in [6.07, 6.45) is 3.90. The summed E-state index contributed by atoms with van der Waals surface area (Å²) in [6.45, 7) is 2.51. The Balaban J connectivity index is 1.78. The Morgan fingerprint density at radius 1 is 1.06 bits per heavy atom. The number of carbonyl (C=O) groups excluding carboxylic acids is 3. The predicted molar refractivity (Wildman–Crippen MR) is 109 cm³/mol. The Bertz CT molecular complexity index is 678. The fraction of sp³-hybridized carbons (Fsp3) is 0.750. The lowest BCUT2D eigenvalue weighted by Gasteiger charge is -2.33. The molecule has 0 aromatic carbocycles. The van der Waals surface area contributed by atoms with E-state index in [0.29, 0.717) is 38.3 Å². The Labute approximate surface area is 180 Å². The van der Waals surface area contributed by atoms with Gasteiger partial charge in [0.05, 0.1) is 5.92 Å². The monoisotopic (exact) mass is 440 g/mol. The van der Waals surface area contributed by atoms with Crippen molar-refractivity contribution in [3.8, 4) is 0 Å². The molecule has 2 saturated heterocycles. The van der Waals surface area contributed by atoms with Gasteiger partial charge in [-0.25, -0.2) is 4.79 Å². The first kappa shape index (κ1) is 24.6. The number of carbonyl (C=O) groups is 5. The van der Waals surface area contributed by atoms with Gasteiger partial charge in [0.15, 0.2) is 0 Å². The molecule has 0 aromatic heterocycles. The topological polar surface area (TPSA) is 165 Å². The van der Waals surface area contributed by atoms with E-state index in [1.54, 1.807) is 4.90 Å². The zero-order chi connectivity index (χ0) is 22.8. The van der Waals surface area contributed by atoms with Crippen molar-refractivity contribution >= 4 is 29.7 Å². The highest BCUT2D eigenvalue weighted by atomic mass is 16.4. The van der Waals surface area contributed by atoms with Crippen LogP contribution in [-0.4, -0.2) is 83.5 Å². The van der Waals surface area contributed by atoms with Gasteiger partial charge in [0.2, 0.25) is 17.7 Å². The van der Waals surface area contributed by atoms with Gasteiger partial charge in [-0.1, -0.05) is 0 Å². The molecule has 31 heavy (non-hydrogen) atoms. The summed E-state index contributed by atoms with van der Waals surface area (Å²) in [6, 6.07) is -1.43. The summed E-state index contributed by atoms with van der Waals surface area (Å²) >= 11 is 0. The van der Waals surface area contributed by atoms with E-state index in [1.807, 2.05) is 0 Å². The largest absolute Gasteiger partial charge is 0.481 e. The minimum Gasteiger partial charge on any atom is -0.481 e. The second-order valence-corrected chi connectivity index (χ2v) is 8.18. The van der Waals surface area contributed by atoms with Gasteiger partial charge in [-0.2, -0.15) is 0 Å². The molecule has 11 heteroatoms. The molecule has 0 saturated carbocycles. The lowest BCUT2D eigenvalue weighted by Crippen LogP contribution is -2.51. The number of amides is 3. The Kier molecular flexibility index (Phi) is 9.70. The molecule has 0 aromatic rings. The number of carboxylic acid groups (broad SMARTS) is 2. The van der Waals surface area contributed by atoms with E-state index in [4.69, 9.17) is 5.11 Å². The number of piperidine rings is 2. The van der Waals surface area contributed by atoms with Gasteiger partial charge >= 0.3 is 11.9 Å². The number of nitrogens with one attached hydrogen (secondary N) is 3. The molecule has 1 unspecified atom stereocenters. The van der Waals surface area contributed by atoms with Crippen molar-refractivity contribution in [1.29, 1.82) is 0 Å². The molecule has 2 aliphatic rings. The minimum atomic E-state index is -1.43. The summed E-state index contributed by atoms with van der Waals surface area (Å²) in [7, 11) is 0. The normalized spacial score (nSPS) is 20.5. The number of likely N-dealkylation sites (tertiary alicyclic amines) is 1. The molecular weight excluding hydrogens is 408 g/mol. The highest BCUT2D eigenvalue weighted by Crippen LogP contribution is 2.21. The molecule has 0 bridgehead atoms. The molecule has 174 valence electrons. The van der Waals surface area contributed by atoms with E-state index in [-0.39, 0.29) is 18.4 Å². The van der Waals surface area contributed by atoms with Crippen molar-refractivity contribution in [3.63, 3.8) is 0 Å². The molecule has 0 spiro atoms. The van der Waals surface area contributed by atoms with Crippen molar-refractivity contribution in [2.24, 2.45) is 11.8 Å². The van der Waals surface area contributed by atoms with Crippen molar-refractivity contribution < 1.29 is 34.2 Å². The second kappa shape index (κ2) is 12.2. The van der Waals surface area contributed by atoms with Crippen LogP contribution in [0.4, 0.5) is 0 Å². The van der Waals surface area contributed by atoms with Crippen LogP contribution in [0.25, 0.3) is 0 Å². The highest BCUT2D eigenvalue weighted by molar-refractivity contribution is 5.95. The Hall–Kier alpha value is -2.69. The number of hydrogen-bond acceptors (Lipinski definition) is 6. The first-order valence-electron chi connectivity index (χ1n) is 10.8. The second-order valence-electron chi connectivity index (χ2n) is 8.18. The molecule has 5 N–H and O–H groups in total. The van der Waals surface area contributed by atoms with E-state index < -0.39 is 36.2 Å². The maximum absolute atomic E-state index is 12.6. The fourth-order valence-corrected chi connectivity index (χ4v) is 4.00. The van der Waals surface area contributed by atoms with Crippen LogP contribution in [-0.2, 0) is 24.0 Å². The van der Waals surface area contributed by atoms with Crippen LogP contribution >= 0.6 is 0 Å². The highest BCUT2D eigenvalue weighted by Gasteiger charge is 2.30. The average molecular weight is 440 g/mol. The van der Waals surface area contributed by atoms with Gasteiger partial charge in [0.25, 0.3) is 0 Å². The van der Waals surface area contributed by atoms with Crippen LogP contribution < -0.4 is 16.0 Å². The molecular formula is C20H32N4O7. The summed E-state index contributed by atoms with van der Waals surface area (Å²) in [5, 5.41) is 25.7. The van der Waals surface area contributed by atoms with Gasteiger partial charge in [-0.3, -0.25) is 19.2 Å². The van der Waals surface area contributed by atoms with Crippen LogP contribution in [0, 0.1) is 11.8 Å². The van der Waals surface area contributed by atoms with Gasteiger partial charge < -0.3 is 31.1 Å². The van der Waals surface area contributed by atoms with Crippen molar-refractivity contribution in [2.45, 2.75) is 51.0 Å². The van der Waals surface area contributed by atoms with E-state index in [9.17, 15) is 29.1 Å². The van der Waals surface area contributed by atoms with Crippen LogP contribution in [0.1, 0.15) is 44.9 Å². The summed E-state index contributed by atoms with van der Waals surface area (Å²) in [5.74, 6) is -3.93. The maximum Gasteiger partial charge on any atom is 0.328 e. The number of rotatable bonds is 10. The first-order chi connectivity index (χ1) is 14.8. The van der Waals surface area contributed by atoms with Gasteiger partial charge in [-0.15, -0.1) is 0 Å². The molecule has 2 atom stereocenters. The third kappa shape index (κ3) is 8.52. The molecule has 11 nitrogen and oxygen atoms in total. The minimum absolute atomic E-state index is 0.0420. The predicted octanol–water partition coefficient (Wildman–Crippen LogP) is -0.835. The standard InChI is InChI=1S/C20H32N4O7/c25-16(10-18(27)28)23-15(20(30)31)11-22-19(29)14-2-1-9-24(12-14)17(26)4-3-13-5-7-21-8-6-13/h13-15,21H,1-12H2,(H,22,29)(H,23,25)(H,27,28)(H,30,31)/t14-,15?/m1/s1. The van der Waals surface area contributed by atoms with E-state index in [2.05, 4.69) is 16.0 Å². The SMILES string of the molecule is O=C(O)CC(=O)NC(CNC(=O)[C@@H]1CCCN(C(=O)CCC2CCNCC2)C1)C(=O)O. The lowest BCUT2D eigenvalue weighted by atomic mass is 9.92. The summed E-state index contributed by atoms with van der Waals surface area (Å²) in [4.78, 5) is 60.1. The zero-order valence-electron chi connectivity index (χ0n) is 17.6. The lowest BCUT2D eigenvalue weighted by molar-refractivity contribution is -0.145. The Morgan fingerprint density at radius 3 is 2.42 bits per heavy atom. The first-order valence-corrected chi connectivity index (χ1v) is 10.8. The van der Waals surface area contributed by atoms with Crippen molar-refractivity contribution in [2.75, 3.05) is 32.7 Å². The van der Waals surface area contributed by atoms with E-state index >= 15 is 0 Å². The van der Waals surface area contributed by atoms with Crippen LogP contribution in [0.2, 0.25) is 0 Å². The molecule has 0 aliphatic carbocycles. The third-order valence-electron chi connectivity index (χ3n) is 5.80. The van der Waals surface area contributed by atoms with Crippen LogP contribution in [0.15, 0.2) is 0 Å². The van der Waals surface area contributed by atoms with Crippen LogP contribution in [0.3, 0.4) is 0 Å². The molecule has 2 fully saturated rings. The average Bonchev–Trinajstić information content (AvgIpc) is 2.74. The molecule has 2 aliphatic heterocycles. The maximum atomic E-state index is 12.6. The molecule has 2 rings (SSSR count). The van der Waals surface area contributed by atoms with Gasteiger partial charge in [0, 0.05) is 26.1 Å². The smallest absolute Gasteiger partial charge is 0.328 e. The summed E-state index contributed by atoms with van der Waals surface area (Å²) < 4.78 is 0. The fourth-order valence-electron chi connectivity index (χ4n) is 4.00. The van der Waals surface area contributed by atoms with E-state index in [0.717, 1.165) is 32.4 Å². The van der Waals surface area contributed by atoms with Gasteiger partial charge in [0.1, 0.15) is 12.5 Å². The quantitative estimate of drug-likeness (QED) is 0.274. The number of aliphatic carboxylic acids is 2. The van der Waals surface area contributed by atoms with E-state index in [1.165, 1.54) is 0 Å².